The molecular weight excluding hydrogens is 239 g/mol. The van der Waals surface area contributed by atoms with Gasteiger partial charge in [0.05, 0.1) is 6.20 Å². The van der Waals surface area contributed by atoms with E-state index in [-0.39, 0.29) is 0 Å². The van der Waals surface area contributed by atoms with E-state index in [1.807, 2.05) is 18.2 Å². The zero-order valence-electron chi connectivity index (χ0n) is 11.2. The van der Waals surface area contributed by atoms with Crippen LogP contribution < -0.4 is 4.65 Å². The number of nitrogens with zero attached hydrogens (tertiary/aromatic N) is 1. The molecule has 1 aliphatic heterocycles. The first kappa shape index (κ1) is 12.3. The number of H-pyrrole nitrogens is 1. The quantitative estimate of drug-likeness (QED) is 0.830. The molecule has 3 heterocycles. The minimum Gasteiger partial charge on any atom is -0.531 e. The molecule has 19 heavy (non-hydrogen) atoms. The van der Waals surface area contributed by atoms with E-state index in [2.05, 4.69) is 23.8 Å². The second-order valence-electron chi connectivity index (χ2n) is 4.88. The molecular formula is C14H17BN2O2. The van der Waals surface area contributed by atoms with Crippen LogP contribution in [0.1, 0.15) is 32.3 Å². The second-order valence-corrected chi connectivity index (χ2v) is 4.88. The summed E-state index contributed by atoms with van der Waals surface area (Å²) < 4.78 is 5.48. The third kappa shape index (κ3) is 1.94. The van der Waals surface area contributed by atoms with Gasteiger partial charge in [0.15, 0.2) is 0 Å². The SMILES string of the molecule is CCC(CC)C1=CB(O)Oc2cnc3[nH]ccc3c21. The number of allylic oxidation sites excluding steroid dienone is 1. The molecule has 4 nitrogen and oxygen atoms in total. The predicted octanol–water partition coefficient (Wildman–Crippen LogP) is 2.79. The highest BCUT2D eigenvalue weighted by atomic mass is 16.5. The van der Waals surface area contributed by atoms with Crippen LogP contribution in [0, 0.1) is 5.92 Å². The first-order valence-corrected chi connectivity index (χ1v) is 6.77. The lowest BCUT2D eigenvalue weighted by molar-refractivity contribution is 0.425. The van der Waals surface area contributed by atoms with Gasteiger partial charge in [0.1, 0.15) is 11.4 Å². The predicted molar refractivity (Wildman–Crippen MR) is 76.7 cm³/mol. The molecule has 0 spiro atoms. The Morgan fingerprint density at radius 1 is 1.42 bits per heavy atom. The summed E-state index contributed by atoms with van der Waals surface area (Å²) in [5, 5.41) is 10.9. The van der Waals surface area contributed by atoms with Crippen LogP contribution in [-0.4, -0.2) is 22.1 Å². The van der Waals surface area contributed by atoms with Gasteiger partial charge >= 0.3 is 7.12 Å². The molecule has 98 valence electrons. The maximum absolute atomic E-state index is 9.85. The van der Waals surface area contributed by atoms with Crippen molar-refractivity contribution in [2.24, 2.45) is 5.92 Å². The highest BCUT2D eigenvalue weighted by Gasteiger charge is 2.29. The number of nitrogens with one attached hydrogen (secondary N) is 1. The summed E-state index contributed by atoms with van der Waals surface area (Å²) in [6, 6.07) is 2.01. The first-order valence-electron chi connectivity index (χ1n) is 6.77. The van der Waals surface area contributed by atoms with Crippen molar-refractivity contribution in [2.45, 2.75) is 26.7 Å². The standard InChI is InChI=1S/C14H17BN2O2/c1-3-9(4-2)11-7-15(18)19-12-8-17-14-10(13(11)12)5-6-16-14/h5-9,18H,3-4H2,1-2H3,(H,16,17). The van der Waals surface area contributed by atoms with E-state index in [0.717, 1.165) is 29.4 Å². The summed E-state index contributed by atoms with van der Waals surface area (Å²) in [6.07, 6.45) is 5.66. The molecule has 0 saturated carbocycles. The smallest absolute Gasteiger partial charge is 0.531 e. The fourth-order valence-electron chi connectivity index (χ4n) is 2.85. The Hall–Kier alpha value is -1.75. The van der Waals surface area contributed by atoms with Crippen LogP contribution in [0.2, 0.25) is 0 Å². The van der Waals surface area contributed by atoms with Crippen LogP contribution >= 0.6 is 0 Å². The van der Waals surface area contributed by atoms with Gasteiger partial charge in [0.2, 0.25) is 0 Å². The van der Waals surface area contributed by atoms with Crippen LogP contribution in [0.5, 0.6) is 5.75 Å². The fourth-order valence-corrected chi connectivity index (χ4v) is 2.85. The van der Waals surface area contributed by atoms with Crippen molar-refractivity contribution in [2.75, 3.05) is 0 Å². The molecule has 0 atom stereocenters. The van der Waals surface area contributed by atoms with Crippen molar-refractivity contribution in [3.8, 4) is 5.75 Å². The number of hydrogen-bond donors (Lipinski definition) is 2. The van der Waals surface area contributed by atoms with Crippen molar-refractivity contribution in [1.29, 1.82) is 0 Å². The van der Waals surface area contributed by atoms with E-state index in [0.29, 0.717) is 11.7 Å². The lowest BCUT2D eigenvalue weighted by Crippen LogP contribution is -2.25. The van der Waals surface area contributed by atoms with Gasteiger partial charge in [-0.2, -0.15) is 0 Å². The van der Waals surface area contributed by atoms with Crippen LogP contribution in [0.4, 0.5) is 0 Å². The van der Waals surface area contributed by atoms with Gasteiger partial charge in [-0.3, -0.25) is 0 Å². The lowest BCUT2D eigenvalue weighted by Gasteiger charge is -2.25. The van der Waals surface area contributed by atoms with Crippen molar-refractivity contribution in [1.82, 2.24) is 9.97 Å². The molecule has 5 heteroatoms. The number of aromatic nitrogens is 2. The van der Waals surface area contributed by atoms with Crippen LogP contribution in [0.25, 0.3) is 16.6 Å². The Kier molecular flexibility index (Phi) is 3.07. The molecule has 0 radical (unpaired) electrons. The molecule has 2 aromatic rings. The highest BCUT2D eigenvalue weighted by Crippen LogP contribution is 2.40. The zero-order chi connectivity index (χ0) is 13.4. The molecule has 2 N–H and O–H groups in total. The maximum atomic E-state index is 9.85. The highest BCUT2D eigenvalue weighted by molar-refractivity contribution is 6.52. The normalized spacial score (nSPS) is 14.5. The van der Waals surface area contributed by atoms with E-state index >= 15 is 0 Å². The van der Waals surface area contributed by atoms with Crippen molar-refractivity contribution < 1.29 is 9.68 Å². The molecule has 0 unspecified atom stereocenters. The first-order chi connectivity index (χ1) is 9.24. The van der Waals surface area contributed by atoms with E-state index < -0.39 is 7.12 Å². The van der Waals surface area contributed by atoms with E-state index in [1.54, 1.807) is 6.20 Å². The van der Waals surface area contributed by atoms with Crippen LogP contribution in [-0.2, 0) is 0 Å². The summed E-state index contributed by atoms with van der Waals surface area (Å²) in [7, 11) is -0.874. The van der Waals surface area contributed by atoms with Crippen molar-refractivity contribution in [3.05, 3.63) is 30.0 Å². The van der Waals surface area contributed by atoms with Gasteiger partial charge in [-0.15, -0.1) is 0 Å². The third-order valence-electron chi connectivity index (χ3n) is 3.84. The molecule has 3 rings (SSSR count). The van der Waals surface area contributed by atoms with Gasteiger partial charge < -0.3 is 14.7 Å². The minimum atomic E-state index is -0.874. The molecule has 0 fully saturated rings. The Morgan fingerprint density at radius 3 is 2.95 bits per heavy atom. The zero-order valence-corrected chi connectivity index (χ0v) is 11.2. The molecule has 0 bridgehead atoms. The number of pyridine rings is 1. The summed E-state index contributed by atoms with van der Waals surface area (Å²) >= 11 is 0. The Balaban J connectivity index is 2.23. The lowest BCUT2D eigenvalue weighted by atomic mass is 9.75. The average molecular weight is 256 g/mol. The maximum Gasteiger partial charge on any atom is 0.552 e. The Bertz CT molecular complexity index is 631. The van der Waals surface area contributed by atoms with Crippen LogP contribution in [0.3, 0.4) is 0 Å². The largest absolute Gasteiger partial charge is 0.552 e. The van der Waals surface area contributed by atoms with Gasteiger partial charge in [-0.25, -0.2) is 4.98 Å². The van der Waals surface area contributed by atoms with E-state index in [1.165, 1.54) is 5.57 Å². The number of fused-ring (bicyclic) bond motifs is 3. The fraction of sp³-hybridized carbons (Fsp3) is 0.357. The van der Waals surface area contributed by atoms with Gasteiger partial charge in [0, 0.05) is 17.1 Å². The number of hydrogen-bond acceptors (Lipinski definition) is 3. The van der Waals surface area contributed by atoms with Gasteiger partial charge in [-0.1, -0.05) is 13.8 Å². The monoisotopic (exact) mass is 256 g/mol. The molecule has 0 saturated heterocycles. The third-order valence-corrected chi connectivity index (χ3v) is 3.84. The van der Waals surface area contributed by atoms with E-state index in [4.69, 9.17) is 4.65 Å². The summed E-state index contributed by atoms with van der Waals surface area (Å²) in [4.78, 5) is 7.44. The van der Waals surface area contributed by atoms with Gasteiger partial charge in [-0.05, 0) is 36.4 Å². The molecule has 2 aromatic heterocycles. The molecule has 0 aliphatic carbocycles. The van der Waals surface area contributed by atoms with Crippen molar-refractivity contribution >= 4 is 23.7 Å². The summed E-state index contributed by atoms with van der Waals surface area (Å²) in [5.74, 6) is 2.92. The van der Waals surface area contributed by atoms with Crippen molar-refractivity contribution in [3.63, 3.8) is 0 Å². The summed E-state index contributed by atoms with van der Waals surface area (Å²) in [6.45, 7) is 4.35. The number of rotatable bonds is 3. The topological polar surface area (TPSA) is 58.1 Å². The number of aromatic amines is 1. The average Bonchev–Trinajstić information content (AvgIpc) is 2.87. The summed E-state index contributed by atoms with van der Waals surface area (Å²) in [5.41, 5.74) is 3.10. The molecule has 1 aliphatic rings. The van der Waals surface area contributed by atoms with Gasteiger partial charge in [0.25, 0.3) is 0 Å². The Morgan fingerprint density at radius 2 is 2.21 bits per heavy atom. The second kappa shape index (κ2) is 4.74. The van der Waals surface area contributed by atoms with Crippen LogP contribution in [0.15, 0.2) is 24.4 Å². The molecule has 0 amide bonds. The minimum absolute atomic E-state index is 0.429. The van der Waals surface area contributed by atoms with E-state index in [9.17, 15) is 5.02 Å². The Labute approximate surface area is 112 Å². The molecule has 0 aromatic carbocycles.